The van der Waals surface area contributed by atoms with E-state index in [0.29, 0.717) is 37.7 Å². The van der Waals surface area contributed by atoms with Crippen molar-refractivity contribution in [3.05, 3.63) is 52.5 Å². The molecule has 0 atom stereocenters. The van der Waals surface area contributed by atoms with E-state index in [2.05, 4.69) is 10.6 Å². The van der Waals surface area contributed by atoms with Crippen LogP contribution in [-0.4, -0.2) is 66.8 Å². The molecule has 3 amide bonds. The normalized spacial score (nSPS) is 14.4. The van der Waals surface area contributed by atoms with E-state index in [-0.39, 0.29) is 30.8 Å². The first kappa shape index (κ1) is 22.6. The van der Waals surface area contributed by atoms with Gasteiger partial charge in [-0.15, -0.1) is 0 Å². The predicted molar refractivity (Wildman–Crippen MR) is 118 cm³/mol. The number of carbonyl (C=O) groups excluding carboxylic acids is 3. The quantitative estimate of drug-likeness (QED) is 0.737. The summed E-state index contributed by atoms with van der Waals surface area (Å²) in [6.45, 7) is 10.1. The van der Waals surface area contributed by atoms with Gasteiger partial charge >= 0.3 is 0 Å². The second-order valence-electron chi connectivity index (χ2n) is 8.08. The second-order valence-corrected chi connectivity index (χ2v) is 8.08. The number of hydrogen-bond acceptors (Lipinski definition) is 5. The Morgan fingerprint density at radius 1 is 0.935 bits per heavy atom. The van der Waals surface area contributed by atoms with Gasteiger partial charge in [-0.25, -0.2) is 0 Å². The Balaban J connectivity index is 1.40. The molecule has 8 nitrogen and oxygen atoms in total. The van der Waals surface area contributed by atoms with Crippen molar-refractivity contribution in [1.29, 1.82) is 0 Å². The highest BCUT2D eigenvalue weighted by molar-refractivity contribution is 5.96. The fourth-order valence-corrected chi connectivity index (χ4v) is 3.81. The Labute approximate surface area is 182 Å². The maximum absolute atomic E-state index is 12.4. The molecular weight excluding hydrogens is 396 g/mol. The van der Waals surface area contributed by atoms with E-state index in [0.717, 1.165) is 22.4 Å². The second kappa shape index (κ2) is 9.78. The number of anilines is 1. The fraction of sp³-hybridized carbons (Fsp3) is 0.435. The number of piperazine rings is 1. The molecule has 0 radical (unpaired) electrons. The van der Waals surface area contributed by atoms with Crippen LogP contribution in [0.15, 0.2) is 28.7 Å². The van der Waals surface area contributed by atoms with Crippen molar-refractivity contribution < 1.29 is 18.8 Å². The third-order valence-corrected chi connectivity index (χ3v) is 5.37. The van der Waals surface area contributed by atoms with Crippen molar-refractivity contribution in [1.82, 2.24) is 15.1 Å². The molecule has 1 fully saturated rings. The Morgan fingerprint density at radius 2 is 1.58 bits per heavy atom. The van der Waals surface area contributed by atoms with Gasteiger partial charge in [0.25, 0.3) is 5.91 Å². The van der Waals surface area contributed by atoms with Crippen molar-refractivity contribution >= 4 is 23.4 Å². The van der Waals surface area contributed by atoms with Crippen molar-refractivity contribution in [2.75, 3.05) is 44.6 Å². The van der Waals surface area contributed by atoms with Crippen molar-refractivity contribution in [3.63, 3.8) is 0 Å². The summed E-state index contributed by atoms with van der Waals surface area (Å²) in [6, 6.07) is 7.48. The van der Waals surface area contributed by atoms with Crippen LogP contribution in [0.25, 0.3) is 0 Å². The summed E-state index contributed by atoms with van der Waals surface area (Å²) >= 11 is 0. The van der Waals surface area contributed by atoms with E-state index in [9.17, 15) is 14.4 Å². The molecule has 2 heterocycles. The lowest BCUT2D eigenvalue weighted by atomic mass is 10.1. The van der Waals surface area contributed by atoms with E-state index < -0.39 is 0 Å². The molecule has 0 unspecified atom stereocenters. The highest BCUT2D eigenvalue weighted by Gasteiger charge is 2.25. The van der Waals surface area contributed by atoms with E-state index in [4.69, 9.17) is 4.42 Å². The van der Waals surface area contributed by atoms with Crippen LogP contribution in [-0.2, 0) is 9.59 Å². The Kier molecular flexibility index (Phi) is 7.12. The average molecular weight is 427 g/mol. The van der Waals surface area contributed by atoms with Gasteiger partial charge in [0.15, 0.2) is 5.76 Å². The van der Waals surface area contributed by atoms with Gasteiger partial charge < -0.3 is 20.0 Å². The third kappa shape index (κ3) is 5.95. The van der Waals surface area contributed by atoms with Crippen molar-refractivity contribution in [2.45, 2.75) is 27.7 Å². The van der Waals surface area contributed by atoms with Gasteiger partial charge in [0.05, 0.1) is 13.1 Å². The minimum absolute atomic E-state index is 0.0815. The predicted octanol–water partition coefficient (Wildman–Crippen LogP) is 2.03. The molecule has 31 heavy (non-hydrogen) atoms. The van der Waals surface area contributed by atoms with Crippen LogP contribution >= 0.6 is 0 Å². The van der Waals surface area contributed by atoms with Crippen LogP contribution < -0.4 is 10.6 Å². The van der Waals surface area contributed by atoms with E-state index in [1.165, 1.54) is 0 Å². The topological polar surface area (TPSA) is 94.9 Å². The number of nitrogens with one attached hydrogen (secondary N) is 2. The van der Waals surface area contributed by atoms with Gasteiger partial charge in [0, 0.05) is 31.9 Å². The van der Waals surface area contributed by atoms with Crippen LogP contribution in [0.5, 0.6) is 0 Å². The van der Waals surface area contributed by atoms with Crippen LogP contribution in [0.2, 0.25) is 0 Å². The summed E-state index contributed by atoms with van der Waals surface area (Å²) < 4.78 is 5.40. The molecule has 3 rings (SSSR count). The number of nitrogens with zero attached hydrogens (tertiary/aromatic N) is 2. The lowest BCUT2D eigenvalue weighted by Crippen LogP contribution is -2.51. The van der Waals surface area contributed by atoms with E-state index in [1.54, 1.807) is 24.0 Å². The maximum atomic E-state index is 12.4. The number of amides is 3. The number of benzene rings is 1. The summed E-state index contributed by atoms with van der Waals surface area (Å²) in [5, 5.41) is 5.55. The molecule has 0 spiro atoms. The van der Waals surface area contributed by atoms with E-state index >= 15 is 0 Å². The lowest BCUT2D eigenvalue weighted by Gasteiger charge is -2.33. The summed E-state index contributed by atoms with van der Waals surface area (Å²) in [5.41, 5.74) is 3.92. The SMILES string of the molecule is Cc1cc(C)c(NC(=O)CNC(=O)CN2CCN(C(=O)c3ccc(C)o3)CC2)c(C)c1. The molecule has 2 N–H and O–H groups in total. The maximum Gasteiger partial charge on any atom is 0.289 e. The van der Waals surface area contributed by atoms with Gasteiger partial charge in [0.1, 0.15) is 5.76 Å². The zero-order valence-electron chi connectivity index (χ0n) is 18.6. The Hall–Kier alpha value is -3.13. The molecular formula is C23H30N4O4. The standard InChI is InChI=1S/C23H30N4O4/c1-15-11-16(2)22(17(3)12-15)25-20(28)13-24-21(29)14-26-7-9-27(10-8-26)23(30)19-6-5-18(4)31-19/h5-6,11-12H,7-10,13-14H2,1-4H3,(H,24,29)(H,25,28). The molecule has 166 valence electrons. The molecule has 0 aliphatic carbocycles. The first-order valence-electron chi connectivity index (χ1n) is 10.5. The Morgan fingerprint density at radius 3 is 2.16 bits per heavy atom. The van der Waals surface area contributed by atoms with Crippen LogP contribution in [0.4, 0.5) is 5.69 Å². The molecule has 8 heteroatoms. The summed E-state index contributed by atoms with van der Waals surface area (Å²) in [4.78, 5) is 40.6. The highest BCUT2D eigenvalue weighted by atomic mass is 16.3. The minimum Gasteiger partial charge on any atom is -0.456 e. The van der Waals surface area contributed by atoms with Gasteiger partial charge in [0.2, 0.25) is 11.8 Å². The first-order valence-corrected chi connectivity index (χ1v) is 10.5. The van der Waals surface area contributed by atoms with Crippen LogP contribution in [0.3, 0.4) is 0 Å². The van der Waals surface area contributed by atoms with Crippen LogP contribution in [0.1, 0.15) is 33.0 Å². The molecule has 1 saturated heterocycles. The molecule has 1 aromatic carbocycles. The first-order chi connectivity index (χ1) is 14.7. The highest BCUT2D eigenvalue weighted by Crippen LogP contribution is 2.21. The monoisotopic (exact) mass is 426 g/mol. The zero-order chi connectivity index (χ0) is 22.5. The van der Waals surface area contributed by atoms with Gasteiger partial charge in [-0.1, -0.05) is 17.7 Å². The fourth-order valence-electron chi connectivity index (χ4n) is 3.81. The zero-order valence-corrected chi connectivity index (χ0v) is 18.6. The number of hydrogen-bond donors (Lipinski definition) is 2. The molecule has 1 aromatic heterocycles. The van der Waals surface area contributed by atoms with Crippen LogP contribution in [0, 0.1) is 27.7 Å². The number of aryl methyl sites for hydroxylation is 4. The summed E-state index contributed by atoms with van der Waals surface area (Å²) in [5.74, 6) is 0.446. The summed E-state index contributed by atoms with van der Waals surface area (Å²) in [6.07, 6.45) is 0. The van der Waals surface area contributed by atoms with Crippen molar-refractivity contribution in [2.24, 2.45) is 0 Å². The number of carbonyl (C=O) groups is 3. The van der Waals surface area contributed by atoms with Gasteiger partial charge in [-0.2, -0.15) is 0 Å². The number of rotatable bonds is 6. The lowest BCUT2D eigenvalue weighted by molar-refractivity contribution is -0.125. The molecule has 0 bridgehead atoms. The van der Waals surface area contributed by atoms with Gasteiger partial charge in [-0.3, -0.25) is 19.3 Å². The average Bonchev–Trinajstić information content (AvgIpc) is 3.15. The van der Waals surface area contributed by atoms with Gasteiger partial charge in [-0.05, 0) is 51.0 Å². The summed E-state index contributed by atoms with van der Waals surface area (Å²) in [7, 11) is 0. The molecule has 2 aromatic rings. The number of furan rings is 1. The molecule has 1 aliphatic rings. The molecule has 1 aliphatic heterocycles. The van der Waals surface area contributed by atoms with E-state index in [1.807, 2.05) is 37.8 Å². The minimum atomic E-state index is -0.257. The smallest absolute Gasteiger partial charge is 0.289 e. The third-order valence-electron chi connectivity index (χ3n) is 5.37. The largest absolute Gasteiger partial charge is 0.456 e. The van der Waals surface area contributed by atoms with Crippen molar-refractivity contribution in [3.8, 4) is 0 Å². The molecule has 0 saturated carbocycles. The Bertz CT molecular complexity index is 951.